The second-order valence-corrected chi connectivity index (χ2v) is 3.46. The number of alkyl halides is 3. The van der Waals surface area contributed by atoms with Crippen molar-refractivity contribution in [3.63, 3.8) is 0 Å². The van der Waals surface area contributed by atoms with Gasteiger partial charge in [-0.3, -0.25) is 0 Å². The highest BCUT2D eigenvalue weighted by atomic mass is 19.4. The van der Waals surface area contributed by atoms with E-state index >= 15 is 0 Å². The third kappa shape index (κ3) is 2.35. The lowest BCUT2D eigenvalue weighted by atomic mass is 9.95. The predicted octanol–water partition coefficient (Wildman–Crippen LogP) is 0.828. The van der Waals surface area contributed by atoms with Crippen LogP contribution in [0.5, 0.6) is 0 Å². The van der Waals surface area contributed by atoms with Crippen LogP contribution >= 0.6 is 0 Å². The first-order valence-electron chi connectivity index (χ1n) is 3.90. The zero-order valence-electron chi connectivity index (χ0n) is 6.93. The summed E-state index contributed by atoms with van der Waals surface area (Å²) in [5.74, 6) is -1.24. The van der Waals surface area contributed by atoms with Crippen molar-refractivity contribution in [1.82, 2.24) is 4.90 Å². The Kier molecular flexibility index (Phi) is 2.63. The van der Waals surface area contributed by atoms with Crippen LogP contribution in [0.25, 0.3) is 0 Å². The van der Waals surface area contributed by atoms with Gasteiger partial charge in [0.15, 0.2) is 0 Å². The Labute approximate surface area is 69.5 Å². The molecule has 2 N–H and O–H groups in total. The molecule has 2 atom stereocenters. The minimum atomic E-state index is -4.09. The second kappa shape index (κ2) is 3.22. The largest absolute Gasteiger partial charge is 0.393 e. The predicted molar refractivity (Wildman–Crippen MR) is 39.6 cm³/mol. The maximum Gasteiger partial charge on any atom is 0.393 e. The highest BCUT2D eigenvalue weighted by Crippen LogP contribution is 2.32. The number of likely N-dealkylation sites (tertiary alicyclic amines) is 1. The number of hydrogen-bond donors (Lipinski definition) is 1. The van der Waals surface area contributed by atoms with Crippen molar-refractivity contribution < 1.29 is 13.2 Å². The van der Waals surface area contributed by atoms with Crippen LogP contribution in [0, 0.1) is 5.92 Å². The van der Waals surface area contributed by atoms with E-state index in [-0.39, 0.29) is 19.0 Å². The summed E-state index contributed by atoms with van der Waals surface area (Å²) in [4.78, 5) is 1.63. The molecule has 0 spiro atoms. The van der Waals surface area contributed by atoms with Crippen LogP contribution in [-0.2, 0) is 0 Å². The molecule has 0 radical (unpaired) electrons. The van der Waals surface area contributed by atoms with Crippen LogP contribution in [0.2, 0.25) is 0 Å². The monoisotopic (exact) mass is 182 g/mol. The summed E-state index contributed by atoms with van der Waals surface area (Å²) in [5, 5.41) is 0. The Morgan fingerprint density at radius 1 is 1.33 bits per heavy atom. The zero-order valence-corrected chi connectivity index (χ0v) is 6.93. The molecule has 1 aliphatic heterocycles. The first kappa shape index (κ1) is 9.80. The van der Waals surface area contributed by atoms with Crippen molar-refractivity contribution >= 4 is 0 Å². The van der Waals surface area contributed by atoms with Gasteiger partial charge in [-0.1, -0.05) is 0 Å². The Bertz CT molecular complexity index is 147. The van der Waals surface area contributed by atoms with Crippen LogP contribution in [-0.4, -0.2) is 37.3 Å². The second-order valence-electron chi connectivity index (χ2n) is 3.46. The molecule has 0 bridgehead atoms. The Morgan fingerprint density at radius 2 is 1.92 bits per heavy atom. The highest BCUT2D eigenvalue weighted by Gasteiger charge is 2.42. The Hall–Kier alpha value is -0.290. The number of piperidine rings is 1. The number of nitrogens with two attached hydrogens (primary N) is 1. The van der Waals surface area contributed by atoms with Gasteiger partial charge >= 0.3 is 6.18 Å². The molecule has 0 aromatic rings. The fourth-order valence-electron chi connectivity index (χ4n) is 1.60. The first-order valence-corrected chi connectivity index (χ1v) is 3.90. The number of halogens is 3. The van der Waals surface area contributed by atoms with Gasteiger partial charge in [0.1, 0.15) is 0 Å². The lowest BCUT2D eigenvalue weighted by Crippen LogP contribution is -2.49. The molecule has 2 nitrogen and oxygen atoms in total. The van der Waals surface area contributed by atoms with Crippen LogP contribution in [0.3, 0.4) is 0 Å². The van der Waals surface area contributed by atoms with Crippen LogP contribution < -0.4 is 5.73 Å². The van der Waals surface area contributed by atoms with Crippen LogP contribution in [0.1, 0.15) is 6.42 Å². The lowest BCUT2D eigenvalue weighted by Gasteiger charge is -2.34. The van der Waals surface area contributed by atoms with Gasteiger partial charge in [0.05, 0.1) is 5.92 Å². The van der Waals surface area contributed by atoms with Gasteiger partial charge in [-0.15, -0.1) is 0 Å². The summed E-state index contributed by atoms with van der Waals surface area (Å²) in [5.41, 5.74) is 5.47. The van der Waals surface area contributed by atoms with Crippen molar-refractivity contribution in [1.29, 1.82) is 0 Å². The van der Waals surface area contributed by atoms with Gasteiger partial charge in [0, 0.05) is 19.1 Å². The quantitative estimate of drug-likeness (QED) is 0.601. The fraction of sp³-hybridized carbons (Fsp3) is 1.00. The van der Waals surface area contributed by atoms with Gasteiger partial charge in [-0.25, -0.2) is 0 Å². The van der Waals surface area contributed by atoms with E-state index in [1.54, 1.807) is 11.9 Å². The van der Waals surface area contributed by atoms with Crippen LogP contribution in [0.4, 0.5) is 13.2 Å². The third-order valence-electron chi connectivity index (χ3n) is 2.13. The molecule has 72 valence electrons. The van der Waals surface area contributed by atoms with E-state index in [4.69, 9.17) is 5.73 Å². The minimum absolute atomic E-state index is 0.0633. The molecule has 5 heteroatoms. The molecule has 0 saturated carbocycles. The third-order valence-corrected chi connectivity index (χ3v) is 2.13. The summed E-state index contributed by atoms with van der Waals surface area (Å²) < 4.78 is 36.6. The maximum atomic E-state index is 12.2. The standard InChI is InChI=1S/C7H13F3N2/c1-12-3-5(7(8,9)10)2-6(11)4-12/h5-6H,2-4,11H2,1H3/t5-,6+/m1/s1. The molecular formula is C7H13F3N2. The SMILES string of the molecule is CN1C[C@@H](N)C[C@@H](C(F)(F)F)C1. The number of rotatable bonds is 0. The number of likely N-dealkylation sites (N-methyl/N-ethyl adjacent to an activating group) is 1. The lowest BCUT2D eigenvalue weighted by molar-refractivity contribution is -0.186. The van der Waals surface area contributed by atoms with Crippen molar-refractivity contribution in [3.8, 4) is 0 Å². The zero-order chi connectivity index (χ0) is 9.35. The summed E-state index contributed by atoms with van der Waals surface area (Å²) in [6.45, 7) is 0.643. The highest BCUT2D eigenvalue weighted by molar-refractivity contribution is 4.83. The molecule has 0 aromatic heterocycles. The van der Waals surface area contributed by atoms with E-state index in [0.29, 0.717) is 6.54 Å². The first-order chi connectivity index (χ1) is 5.39. The van der Waals surface area contributed by atoms with Gasteiger partial charge < -0.3 is 10.6 Å². The van der Waals surface area contributed by atoms with Crippen molar-refractivity contribution in [2.75, 3.05) is 20.1 Å². The van der Waals surface area contributed by atoms with Crippen molar-refractivity contribution in [2.24, 2.45) is 11.7 Å². The normalized spacial score (nSPS) is 33.8. The van der Waals surface area contributed by atoms with Gasteiger partial charge in [0.2, 0.25) is 0 Å². The molecule has 1 fully saturated rings. The van der Waals surface area contributed by atoms with E-state index in [1.807, 2.05) is 0 Å². The average molecular weight is 182 g/mol. The molecule has 1 aliphatic rings. The molecule has 0 aromatic carbocycles. The molecular weight excluding hydrogens is 169 g/mol. The molecule has 1 saturated heterocycles. The minimum Gasteiger partial charge on any atom is -0.327 e. The van der Waals surface area contributed by atoms with E-state index in [0.717, 1.165) is 0 Å². The summed E-state index contributed by atoms with van der Waals surface area (Å²) in [6, 6.07) is -0.338. The van der Waals surface area contributed by atoms with Crippen LogP contribution in [0.15, 0.2) is 0 Å². The smallest absolute Gasteiger partial charge is 0.327 e. The van der Waals surface area contributed by atoms with Crippen molar-refractivity contribution in [3.05, 3.63) is 0 Å². The van der Waals surface area contributed by atoms with Crippen molar-refractivity contribution in [2.45, 2.75) is 18.6 Å². The Morgan fingerprint density at radius 3 is 2.33 bits per heavy atom. The molecule has 12 heavy (non-hydrogen) atoms. The van der Waals surface area contributed by atoms with Gasteiger partial charge in [0.25, 0.3) is 0 Å². The van der Waals surface area contributed by atoms with E-state index < -0.39 is 12.1 Å². The Balaban J connectivity index is 2.55. The molecule has 1 rings (SSSR count). The summed E-state index contributed by atoms with van der Waals surface area (Å²) in [7, 11) is 1.66. The topological polar surface area (TPSA) is 29.3 Å². The molecule has 1 heterocycles. The number of nitrogens with zero attached hydrogens (tertiary/aromatic N) is 1. The van der Waals surface area contributed by atoms with E-state index in [9.17, 15) is 13.2 Å². The summed E-state index contributed by atoms with van der Waals surface area (Å²) in [6.07, 6.45) is -4.03. The maximum absolute atomic E-state index is 12.2. The number of hydrogen-bond acceptors (Lipinski definition) is 2. The van der Waals surface area contributed by atoms with E-state index in [2.05, 4.69) is 0 Å². The molecule has 0 unspecified atom stereocenters. The van der Waals surface area contributed by atoms with Gasteiger partial charge in [-0.05, 0) is 13.5 Å². The molecule has 0 amide bonds. The fourth-order valence-corrected chi connectivity index (χ4v) is 1.60. The summed E-state index contributed by atoms with van der Waals surface area (Å²) >= 11 is 0. The average Bonchev–Trinajstić information content (AvgIpc) is 1.82. The van der Waals surface area contributed by atoms with Gasteiger partial charge in [-0.2, -0.15) is 13.2 Å². The van der Waals surface area contributed by atoms with E-state index in [1.165, 1.54) is 0 Å². The molecule has 0 aliphatic carbocycles.